The van der Waals surface area contributed by atoms with Crippen LogP contribution in [0.2, 0.25) is 5.02 Å². The summed E-state index contributed by atoms with van der Waals surface area (Å²) in [7, 11) is -3.65. The molecular formula is C13H19ClN2O3S. The number of hydrogen-bond acceptors (Lipinski definition) is 4. The lowest BCUT2D eigenvalue weighted by molar-refractivity contribution is 0.0537. The van der Waals surface area contributed by atoms with Crippen molar-refractivity contribution in [2.45, 2.75) is 37.1 Å². The van der Waals surface area contributed by atoms with Crippen LogP contribution in [0.15, 0.2) is 17.0 Å². The Morgan fingerprint density at radius 1 is 1.35 bits per heavy atom. The van der Waals surface area contributed by atoms with Crippen molar-refractivity contribution in [3.05, 3.63) is 22.7 Å². The standard InChI is InChI=1S/C13H19ClN2O3S/c1-9-11(14)7-10(8-12(9)15)20(17,18)16-13(2)3-5-19-6-4-13/h7-8,16H,3-6,15H2,1-2H3. The van der Waals surface area contributed by atoms with Gasteiger partial charge >= 0.3 is 0 Å². The Labute approximate surface area is 124 Å². The number of benzene rings is 1. The van der Waals surface area contributed by atoms with Crippen LogP contribution in [-0.4, -0.2) is 27.2 Å². The second-order valence-corrected chi connectivity index (χ2v) is 7.49. The average molecular weight is 319 g/mol. The summed E-state index contributed by atoms with van der Waals surface area (Å²) in [5.41, 5.74) is 6.34. The van der Waals surface area contributed by atoms with Crippen molar-refractivity contribution in [2.75, 3.05) is 18.9 Å². The highest BCUT2D eigenvalue weighted by atomic mass is 35.5. The molecule has 1 heterocycles. The van der Waals surface area contributed by atoms with Crippen LogP contribution in [0.4, 0.5) is 5.69 Å². The number of nitrogens with one attached hydrogen (secondary N) is 1. The maximum atomic E-state index is 12.5. The number of ether oxygens (including phenoxy) is 1. The van der Waals surface area contributed by atoms with Crippen molar-refractivity contribution < 1.29 is 13.2 Å². The Hall–Kier alpha value is -0.820. The maximum absolute atomic E-state index is 12.5. The topological polar surface area (TPSA) is 81.4 Å². The van der Waals surface area contributed by atoms with E-state index in [4.69, 9.17) is 22.1 Å². The van der Waals surface area contributed by atoms with Crippen molar-refractivity contribution in [2.24, 2.45) is 0 Å². The minimum Gasteiger partial charge on any atom is -0.398 e. The lowest BCUT2D eigenvalue weighted by atomic mass is 9.94. The quantitative estimate of drug-likeness (QED) is 0.836. The normalized spacial score (nSPS) is 18.9. The lowest BCUT2D eigenvalue weighted by Crippen LogP contribution is -2.49. The minimum atomic E-state index is -3.65. The van der Waals surface area contributed by atoms with E-state index in [0.29, 0.717) is 42.3 Å². The summed E-state index contributed by atoms with van der Waals surface area (Å²) < 4.78 is 32.9. The van der Waals surface area contributed by atoms with Gasteiger partial charge in [-0.05, 0) is 44.4 Å². The van der Waals surface area contributed by atoms with E-state index in [1.54, 1.807) is 6.92 Å². The van der Waals surface area contributed by atoms with Gasteiger partial charge in [-0.3, -0.25) is 0 Å². The van der Waals surface area contributed by atoms with Gasteiger partial charge in [-0.1, -0.05) is 11.6 Å². The monoisotopic (exact) mass is 318 g/mol. The predicted octanol–water partition coefficient (Wildman–Crippen LogP) is 2.08. The summed E-state index contributed by atoms with van der Waals surface area (Å²) >= 11 is 6.01. The van der Waals surface area contributed by atoms with E-state index in [1.165, 1.54) is 12.1 Å². The molecule has 0 amide bonds. The Balaban J connectivity index is 2.31. The molecule has 3 N–H and O–H groups in total. The van der Waals surface area contributed by atoms with Crippen LogP contribution in [0, 0.1) is 6.92 Å². The number of nitrogen functional groups attached to an aromatic ring is 1. The molecule has 1 aromatic carbocycles. The van der Waals surface area contributed by atoms with Crippen LogP contribution in [0.5, 0.6) is 0 Å². The van der Waals surface area contributed by atoms with E-state index in [9.17, 15) is 8.42 Å². The molecule has 5 nitrogen and oxygen atoms in total. The van der Waals surface area contributed by atoms with E-state index in [0.717, 1.165) is 0 Å². The van der Waals surface area contributed by atoms with Crippen molar-refractivity contribution >= 4 is 27.3 Å². The molecule has 20 heavy (non-hydrogen) atoms. The maximum Gasteiger partial charge on any atom is 0.241 e. The number of anilines is 1. The summed E-state index contributed by atoms with van der Waals surface area (Å²) in [5.74, 6) is 0. The molecule has 112 valence electrons. The predicted molar refractivity (Wildman–Crippen MR) is 79.4 cm³/mol. The van der Waals surface area contributed by atoms with E-state index >= 15 is 0 Å². The fourth-order valence-electron chi connectivity index (χ4n) is 2.14. The molecule has 0 bridgehead atoms. The van der Waals surface area contributed by atoms with Gasteiger partial charge in [0.15, 0.2) is 0 Å². The van der Waals surface area contributed by atoms with Crippen LogP contribution >= 0.6 is 11.6 Å². The zero-order valence-corrected chi connectivity index (χ0v) is 13.1. The molecule has 2 rings (SSSR count). The van der Waals surface area contributed by atoms with Gasteiger partial charge in [-0.2, -0.15) is 0 Å². The van der Waals surface area contributed by atoms with Crippen LogP contribution in [0.3, 0.4) is 0 Å². The molecule has 0 aromatic heterocycles. The Bertz CT molecular complexity index is 587. The molecule has 7 heteroatoms. The summed E-state index contributed by atoms with van der Waals surface area (Å²) in [6.45, 7) is 4.74. The minimum absolute atomic E-state index is 0.0957. The van der Waals surface area contributed by atoms with Crippen molar-refractivity contribution in [1.29, 1.82) is 0 Å². The first-order valence-corrected chi connectivity index (χ1v) is 8.27. The zero-order valence-electron chi connectivity index (χ0n) is 11.6. The van der Waals surface area contributed by atoms with E-state index in [-0.39, 0.29) is 4.90 Å². The van der Waals surface area contributed by atoms with Crippen LogP contribution in [0.1, 0.15) is 25.3 Å². The van der Waals surface area contributed by atoms with Gasteiger partial charge < -0.3 is 10.5 Å². The molecule has 1 saturated heterocycles. The number of nitrogens with two attached hydrogens (primary N) is 1. The van der Waals surface area contributed by atoms with Crippen molar-refractivity contribution in [3.8, 4) is 0 Å². The van der Waals surface area contributed by atoms with Crippen LogP contribution in [-0.2, 0) is 14.8 Å². The first-order chi connectivity index (χ1) is 9.23. The zero-order chi connectivity index (χ0) is 15.0. The SMILES string of the molecule is Cc1c(N)cc(S(=O)(=O)NC2(C)CCOCC2)cc1Cl. The highest BCUT2D eigenvalue weighted by Crippen LogP contribution is 2.28. The first-order valence-electron chi connectivity index (χ1n) is 6.41. The molecular weight excluding hydrogens is 300 g/mol. The van der Waals surface area contributed by atoms with Crippen molar-refractivity contribution in [3.63, 3.8) is 0 Å². The van der Waals surface area contributed by atoms with Gasteiger partial charge in [0, 0.05) is 29.5 Å². The van der Waals surface area contributed by atoms with Gasteiger partial charge in [0.05, 0.1) is 4.90 Å². The highest BCUT2D eigenvalue weighted by Gasteiger charge is 2.32. The summed E-state index contributed by atoms with van der Waals surface area (Å²) in [6, 6.07) is 2.87. The second-order valence-electron chi connectivity index (χ2n) is 5.40. The third-order valence-corrected chi connectivity index (χ3v) is 5.66. The van der Waals surface area contributed by atoms with Crippen LogP contribution in [0.25, 0.3) is 0 Å². The Morgan fingerprint density at radius 2 is 1.95 bits per heavy atom. The van der Waals surface area contributed by atoms with Gasteiger partial charge in [0.2, 0.25) is 10.0 Å². The largest absolute Gasteiger partial charge is 0.398 e. The Kier molecular flexibility index (Phi) is 4.30. The number of halogens is 1. The molecule has 0 saturated carbocycles. The van der Waals surface area contributed by atoms with Gasteiger partial charge in [0.25, 0.3) is 0 Å². The Morgan fingerprint density at radius 3 is 2.50 bits per heavy atom. The smallest absolute Gasteiger partial charge is 0.241 e. The molecule has 0 aliphatic carbocycles. The fraction of sp³-hybridized carbons (Fsp3) is 0.538. The van der Waals surface area contributed by atoms with E-state index < -0.39 is 15.6 Å². The van der Waals surface area contributed by atoms with Crippen molar-refractivity contribution in [1.82, 2.24) is 4.72 Å². The first kappa shape index (κ1) is 15.6. The van der Waals surface area contributed by atoms with Gasteiger partial charge in [-0.25, -0.2) is 13.1 Å². The molecule has 0 atom stereocenters. The molecule has 1 aliphatic rings. The molecule has 0 radical (unpaired) electrons. The highest BCUT2D eigenvalue weighted by molar-refractivity contribution is 7.89. The second kappa shape index (κ2) is 5.52. The number of sulfonamides is 1. The third-order valence-electron chi connectivity index (χ3n) is 3.65. The summed E-state index contributed by atoms with van der Waals surface area (Å²) in [6.07, 6.45) is 1.28. The fourth-order valence-corrected chi connectivity index (χ4v) is 3.95. The van der Waals surface area contributed by atoms with E-state index in [2.05, 4.69) is 4.72 Å². The summed E-state index contributed by atoms with van der Waals surface area (Å²) in [4.78, 5) is 0.0957. The van der Waals surface area contributed by atoms with Gasteiger partial charge in [-0.15, -0.1) is 0 Å². The summed E-state index contributed by atoms with van der Waals surface area (Å²) in [5, 5.41) is 0.350. The molecule has 1 aliphatic heterocycles. The molecule has 1 aromatic rings. The third kappa shape index (κ3) is 3.25. The molecule has 0 spiro atoms. The van der Waals surface area contributed by atoms with Crippen LogP contribution < -0.4 is 10.5 Å². The van der Waals surface area contributed by atoms with Gasteiger partial charge in [0.1, 0.15) is 0 Å². The molecule has 0 unspecified atom stereocenters. The number of rotatable bonds is 3. The molecule has 1 fully saturated rings. The lowest BCUT2D eigenvalue weighted by Gasteiger charge is -2.34. The average Bonchev–Trinajstić information content (AvgIpc) is 2.35. The number of hydrogen-bond donors (Lipinski definition) is 2. The van der Waals surface area contributed by atoms with E-state index in [1.807, 2.05) is 6.92 Å².